The predicted molar refractivity (Wildman–Crippen MR) is 201 cm³/mol. The number of hydrogen-bond acceptors (Lipinski definition) is 5. The van der Waals surface area contributed by atoms with E-state index in [0.29, 0.717) is 5.71 Å². The zero-order valence-electron chi connectivity index (χ0n) is 30.1. The first kappa shape index (κ1) is 36.8. The smallest absolute Gasteiger partial charge is 0.216 e. The summed E-state index contributed by atoms with van der Waals surface area (Å²) in [6.45, 7) is 18.8. The first-order valence-corrected chi connectivity index (χ1v) is 20.8. The van der Waals surface area contributed by atoms with E-state index < -0.39 is 8.07 Å². The van der Waals surface area contributed by atoms with Crippen LogP contribution in [-0.2, 0) is 31.9 Å². The van der Waals surface area contributed by atoms with Gasteiger partial charge >= 0.3 is 0 Å². The average Bonchev–Trinajstić information content (AvgIpc) is 3.74. The van der Waals surface area contributed by atoms with E-state index in [2.05, 4.69) is 112 Å². The minimum Gasteiger partial charge on any atom is -0.486 e. The SMILES string of the molecule is CC(C)(C)Cc1cc(-c2[c-]cccc2)ncc1[Si](C)(C)C.CC(C)(c1ccnc(-c2[c-]ncc3c2oc2ncccc23)c1)C1CCCC1.[Ir]. The molecule has 5 heterocycles. The molecular formula is C42H48IrN4OSi-2. The number of rotatable bonds is 6. The van der Waals surface area contributed by atoms with Crippen molar-refractivity contribution in [3.8, 4) is 22.5 Å². The third-order valence-electron chi connectivity index (χ3n) is 9.74. The van der Waals surface area contributed by atoms with Gasteiger partial charge in [0.05, 0.1) is 13.7 Å². The van der Waals surface area contributed by atoms with Gasteiger partial charge in [-0.3, -0.25) is 0 Å². The molecule has 0 unspecified atom stereocenters. The molecule has 5 nitrogen and oxygen atoms in total. The van der Waals surface area contributed by atoms with Gasteiger partial charge in [-0.25, -0.2) is 4.98 Å². The Balaban J connectivity index is 0.000000194. The van der Waals surface area contributed by atoms with Gasteiger partial charge in [0.25, 0.3) is 0 Å². The summed E-state index contributed by atoms with van der Waals surface area (Å²) in [7, 11) is -1.37. The number of aromatic nitrogens is 4. The normalized spacial score (nSPS) is 14.0. The van der Waals surface area contributed by atoms with Gasteiger partial charge in [-0.15, -0.1) is 35.9 Å². The van der Waals surface area contributed by atoms with Crippen molar-refractivity contribution in [2.24, 2.45) is 11.3 Å². The topological polar surface area (TPSA) is 64.7 Å². The zero-order valence-corrected chi connectivity index (χ0v) is 33.5. The van der Waals surface area contributed by atoms with Crippen molar-refractivity contribution < 1.29 is 24.5 Å². The Labute approximate surface area is 306 Å². The molecule has 7 heteroatoms. The molecule has 1 aliphatic rings. The molecule has 1 aromatic carbocycles. The quantitative estimate of drug-likeness (QED) is 0.123. The van der Waals surface area contributed by atoms with Crippen LogP contribution in [0.5, 0.6) is 0 Å². The Morgan fingerprint density at radius 3 is 2.31 bits per heavy atom. The molecule has 0 spiro atoms. The van der Waals surface area contributed by atoms with Crippen molar-refractivity contribution in [2.45, 2.75) is 91.8 Å². The fourth-order valence-corrected chi connectivity index (χ4v) is 8.67. The van der Waals surface area contributed by atoms with Gasteiger partial charge in [0.2, 0.25) is 5.71 Å². The van der Waals surface area contributed by atoms with E-state index in [4.69, 9.17) is 9.40 Å². The second-order valence-electron chi connectivity index (χ2n) is 16.1. The Bertz CT molecular complexity index is 2020. The molecule has 6 aromatic rings. The van der Waals surface area contributed by atoms with Crippen molar-refractivity contribution >= 4 is 35.3 Å². The molecule has 1 radical (unpaired) electrons. The largest absolute Gasteiger partial charge is 0.486 e. The molecule has 0 bridgehead atoms. The second kappa shape index (κ2) is 14.8. The summed E-state index contributed by atoms with van der Waals surface area (Å²) in [5, 5.41) is 3.41. The first-order valence-electron chi connectivity index (χ1n) is 17.3. The molecule has 257 valence electrons. The third-order valence-corrected chi connectivity index (χ3v) is 11.8. The van der Waals surface area contributed by atoms with E-state index in [1.54, 1.807) is 12.4 Å². The number of nitrogens with zero attached hydrogens (tertiary/aromatic N) is 4. The second-order valence-corrected chi connectivity index (χ2v) is 21.1. The van der Waals surface area contributed by atoms with Crippen LogP contribution in [0.2, 0.25) is 19.6 Å². The van der Waals surface area contributed by atoms with E-state index >= 15 is 0 Å². The minimum absolute atomic E-state index is 0. The van der Waals surface area contributed by atoms with Gasteiger partial charge in [-0.1, -0.05) is 90.4 Å². The van der Waals surface area contributed by atoms with Gasteiger partial charge in [0, 0.05) is 44.1 Å². The average molecular weight is 845 g/mol. The Morgan fingerprint density at radius 2 is 1.61 bits per heavy atom. The summed E-state index contributed by atoms with van der Waals surface area (Å²) < 4.78 is 6.04. The number of fused-ring (bicyclic) bond motifs is 3. The molecule has 0 atom stereocenters. The Hall–Kier alpha value is -3.51. The van der Waals surface area contributed by atoms with Gasteiger partial charge in [0.15, 0.2) is 0 Å². The predicted octanol–water partition coefficient (Wildman–Crippen LogP) is 10.4. The Morgan fingerprint density at radius 1 is 0.837 bits per heavy atom. The van der Waals surface area contributed by atoms with E-state index in [0.717, 1.165) is 51.2 Å². The number of furan rings is 1. The van der Waals surface area contributed by atoms with Crippen LogP contribution in [0, 0.1) is 23.6 Å². The summed E-state index contributed by atoms with van der Waals surface area (Å²) in [5.74, 6) is 0.723. The van der Waals surface area contributed by atoms with Crippen molar-refractivity contribution in [2.75, 3.05) is 0 Å². The van der Waals surface area contributed by atoms with Gasteiger partial charge < -0.3 is 19.4 Å². The van der Waals surface area contributed by atoms with E-state index in [1.165, 1.54) is 42.0 Å². The summed E-state index contributed by atoms with van der Waals surface area (Å²) in [5.41, 5.74) is 8.35. The third kappa shape index (κ3) is 8.28. The van der Waals surface area contributed by atoms with E-state index in [-0.39, 0.29) is 30.9 Å². The minimum atomic E-state index is -1.37. The number of benzene rings is 1. The number of pyridine rings is 4. The van der Waals surface area contributed by atoms with Crippen LogP contribution in [0.15, 0.2) is 83.8 Å². The molecule has 0 aliphatic heterocycles. The van der Waals surface area contributed by atoms with E-state index in [9.17, 15) is 0 Å². The fraction of sp³-hybridized carbons (Fsp3) is 0.381. The fourth-order valence-electron chi connectivity index (χ4n) is 7.09. The molecule has 7 rings (SSSR count). The van der Waals surface area contributed by atoms with Crippen molar-refractivity contribution in [1.29, 1.82) is 0 Å². The molecular weight excluding hydrogens is 797 g/mol. The van der Waals surface area contributed by atoms with Crippen molar-refractivity contribution in [1.82, 2.24) is 19.9 Å². The van der Waals surface area contributed by atoms with Gasteiger partial charge in [-0.2, -0.15) is 0 Å². The van der Waals surface area contributed by atoms with Crippen LogP contribution in [0.3, 0.4) is 0 Å². The van der Waals surface area contributed by atoms with Crippen LogP contribution in [0.4, 0.5) is 0 Å². The van der Waals surface area contributed by atoms with Crippen LogP contribution < -0.4 is 5.19 Å². The maximum absolute atomic E-state index is 6.04. The summed E-state index contributed by atoms with van der Waals surface area (Å²) in [4.78, 5) is 18.0. The van der Waals surface area contributed by atoms with Crippen LogP contribution >= 0.6 is 0 Å². The molecule has 0 saturated heterocycles. The molecule has 1 fully saturated rings. The Kier molecular flexibility index (Phi) is 11.1. The molecule has 5 aromatic heterocycles. The molecule has 49 heavy (non-hydrogen) atoms. The van der Waals surface area contributed by atoms with Crippen LogP contribution in [0.25, 0.3) is 44.6 Å². The van der Waals surface area contributed by atoms with Crippen molar-refractivity contribution in [3.05, 3.63) is 103 Å². The summed E-state index contributed by atoms with van der Waals surface area (Å²) in [6, 6.07) is 21.9. The van der Waals surface area contributed by atoms with Crippen LogP contribution in [0.1, 0.15) is 71.4 Å². The maximum atomic E-state index is 6.04. The summed E-state index contributed by atoms with van der Waals surface area (Å²) >= 11 is 0. The van der Waals surface area contributed by atoms with Crippen LogP contribution in [-0.4, -0.2) is 28.0 Å². The molecule has 0 amide bonds. The zero-order chi connectivity index (χ0) is 34.1. The number of hydrogen-bond donors (Lipinski definition) is 0. The van der Waals surface area contributed by atoms with Gasteiger partial charge in [-0.05, 0) is 94.1 Å². The first-order chi connectivity index (χ1) is 22.8. The summed E-state index contributed by atoms with van der Waals surface area (Å²) in [6.07, 6.45) is 17.0. The molecule has 1 aliphatic carbocycles. The van der Waals surface area contributed by atoms with Crippen molar-refractivity contribution in [3.63, 3.8) is 0 Å². The monoisotopic (exact) mass is 845 g/mol. The van der Waals surface area contributed by atoms with Gasteiger partial charge in [0.1, 0.15) is 0 Å². The maximum Gasteiger partial charge on any atom is 0.216 e. The molecule has 1 saturated carbocycles. The molecule has 0 N–H and O–H groups in total. The standard InChI is InChI=1S/C23H22N3O.C19H26NSi.Ir/c1-23(2,15-6-3-4-7-15)16-9-11-25-20(12-16)19-14-24-13-18-17-8-5-10-26-22(17)27-21(18)19;1-19(2,3)13-16-12-17(15-10-8-7-9-11-15)20-14-18(16)21(4,5)6;/h5,8-13,15H,3-4,6-7H2,1-2H3;7-10,12,14H,13H2,1-6H3;/q2*-1;. The van der Waals surface area contributed by atoms with E-state index in [1.807, 2.05) is 36.5 Å².